The smallest absolute Gasteiger partial charge is 0.251 e. The van der Waals surface area contributed by atoms with E-state index >= 15 is 0 Å². The van der Waals surface area contributed by atoms with Gasteiger partial charge in [0.15, 0.2) is 11.5 Å². The molecular weight excluding hydrogens is 446 g/mol. The number of benzene rings is 2. The summed E-state index contributed by atoms with van der Waals surface area (Å²) >= 11 is 0. The van der Waals surface area contributed by atoms with Crippen molar-refractivity contribution in [3.63, 3.8) is 0 Å². The van der Waals surface area contributed by atoms with Crippen molar-refractivity contribution in [1.82, 2.24) is 10.2 Å². The highest BCUT2D eigenvalue weighted by molar-refractivity contribution is 6.01. The van der Waals surface area contributed by atoms with Crippen LogP contribution in [0.2, 0.25) is 0 Å². The first-order valence-electron chi connectivity index (χ1n) is 12.2. The largest absolute Gasteiger partial charge is 0.494 e. The molecule has 35 heavy (non-hydrogen) atoms. The Hall–Kier alpha value is -3.26. The highest BCUT2D eigenvalue weighted by Crippen LogP contribution is 2.30. The summed E-state index contributed by atoms with van der Waals surface area (Å²) in [6.07, 6.45) is 0. The number of hydrogen-bond acceptors (Lipinski definition) is 6. The van der Waals surface area contributed by atoms with Crippen molar-refractivity contribution < 1.29 is 23.8 Å². The van der Waals surface area contributed by atoms with Gasteiger partial charge in [0.2, 0.25) is 5.91 Å². The molecule has 0 saturated heterocycles. The number of ether oxygens (including phenoxy) is 3. The van der Waals surface area contributed by atoms with E-state index < -0.39 is 6.04 Å². The molecule has 0 aliphatic heterocycles. The second-order valence-electron chi connectivity index (χ2n) is 8.38. The standard InChI is InChI=1S/C27H39N3O5/c1-7-30(8-2)16-17-35-24-18-21(12-15-23(24)33-6)28-27(32)25(19(4)5)29-26(31)20-10-13-22(14-11-20)34-9-3/h10-15,18-19,25H,7-9,16-17H2,1-6H3,(H,28,32)(H,29,31). The van der Waals surface area contributed by atoms with Crippen LogP contribution in [-0.2, 0) is 4.79 Å². The number of nitrogens with zero attached hydrogens (tertiary/aromatic N) is 1. The maximum atomic E-state index is 13.1. The number of amides is 2. The molecule has 8 nitrogen and oxygen atoms in total. The molecule has 0 fully saturated rings. The van der Waals surface area contributed by atoms with E-state index in [-0.39, 0.29) is 17.7 Å². The van der Waals surface area contributed by atoms with Gasteiger partial charge in [0.1, 0.15) is 18.4 Å². The van der Waals surface area contributed by atoms with Crippen molar-refractivity contribution in [3.8, 4) is 17.2 Å². The third-order valence-electron chi connectivity index (χ3n) is 5.65. The number of carbonyl (C=O) groups excluding carboxylic acids is 2. The first-order chi connectivity index (χ1) is 16.8. The second kappa shape index (κ2) is 14.2. The minimum atomic E-state index is -0.719. The summed E-state index contributed by atoms with van der Waals surface area (Å²) in [5.41, 5.74) is 1.02. The summed E-state index contributed by atoms with van der Waals surface area (Å²) in [5, 5.41) is 5.75. The van der Waals surface area contributed by atoms with Gasteiger partial charge in [-0.2, -0.15) is 0 Å². The van der Waals surface area contributed by atoms with Crippen LogP contribution in [0.15, 0.2) is 42.5 Å². The molecule has 2 aromatic rings. The van der Waals surface area contributed by atoms with Crippen LogP contribution in [0.1, 0.15) is 45.0 Å². The lowest BCUT2D eigenvalue weighted by Crippen LogP contribution is -2.47. The van der Waals surface area contributed by atoms with Crippen molar-refractivity contribution in [2.45, 2.75) is 40.7 Å². The highest BCUT2D eigenvalue weighted by Gasteiger charge is 2.25. The number of methoxy groups -OCH3 is 1. The fraction of sp³-hybridized carbons (Fsp3) is 0.481. The molecule has 2 rings (SSSR count). The Labute approximate surface area is 208 Å². The zero-order chi connectivity index (χ0) is 25.8. The molecular formula is C27H39N3O5. The zero-order valence-corrected chi connectivity index (χ0v) is 21.7. The van der Waals surface area contributed by atoms with Gasteiger partial charge in [0, 0.05) is 23.9 Å². The van der Waals surface area contributed by atoms with Crippen LogP contribution in [-0.4, -0.2) is 62.7 Å². The molecule has 0 spiro atoms. The van der Waals surface area contributed by atoms with E-state index in [1.807, 2.05) is 20.8 Å². The van der Waals surface area contributed by atoms with E-state index in [9.17, 15) is 9.59 Å². The van der Waals surface area contributed by atoms with Gasteiger partial charge in [-0.15, -0.1) is 0 Å². The number of hydrogen-bond donors (Lipinski definition) is 2. The maximum absolute atomic E-state index is 13.1. The highest BCUT2D eigenvalue weighted by atomic mass is 16.5. The number of rotatable bonds is 14. The normalized spacial score (nSPS) is 11.8. The summed E-state index contributed by atoms with van der Waals surface area (Å²) in [6.45, 7) is 13.6. The summed E-state index contributed by atoms with van der Waals surface area (Å²) in [7, 11) is 1.58. The van der Waals surface area contributed by atoms with Crippen molar-refractivity contribution in [1.29, 1.82) is 0 Å². The molecule has 2 amide bonds. The summed E-state index contributed by atoms with van der Waals surface area (Å²) < 4.78 is 16.8. The van der Waals surface area contributed by atoms with Crippen molar-refractivity contribution >= 4 is 17.5 Å². The number of nitrogens with one attached hydrogen (secondary N) is 2. The lowest BCUT2D eigenvalue weighted by atomic mass is 10.0. The molecule has 0 aliphatic carbocycles. The number of likely N-dealkylation sites (N-methyl/N-ethyl adjacent to an activating group) is 1. The van der Waals surface area contributed by atoms with Gasteiger partial charge in [-0.3, -0.25) is 9.59 Å². The van der Waals surface area contributed by atoms with Crippen LogP contribution in [0.3, 0.4) is 0 Å². The summed E-state index contributed by atoms with van der Waals surface area (Å²) in [4.78, 5) is 28.1. The van der Waals surface area contributed by atoms with Crippen LogP contribution in [0.5, 0.6) is 17.2 Å². The predicted octanol–water partition coefficient (Wildman–Crippen LogP) is 4.21. The van der Waals surface area contributed by atoms with E-state index in [0.717, 1.165) is 19.6 Å². The SMILES string of the molecule is CCOc1ccc(C(=O)NC(C(=O)Nc2ccc(OC)c(OCCN(CC)CC)c2)C(C)C)cc1. The van der Waals surface area contributed by atoms with Crippen LogP contribution in [0.4, 0.5) is 5.69 Å². The van der Waals surface area contributed by atoms with Gasteiger partial charge in [-0.05, 0) is 62.3 Å². The van der Waals surface area contributed by atoms with Gasteiger partial charge in [0.25, 0.3) is 5.91 Å². The van der Waals surface area contributed by atoms with Crippen molar-refractivity contribution in [2.75, 3.05) is 45.3 Å². The van der Waals surface area contributed by atoms with Gasteiger partial charge in [-0.1, -0.05) is 27.7 Å². The molecule has 1 unspecified atom stereocenters. The number of anilines is 1. The van der Waals surface area contributed by atoms with Crippen LogP contribution < -0.4 is 24.8 Å². The fourth-order valence-corrected chi connectivity index (χ4v) is 3.54. The third kappa shape index (κ3) is 8.47. The van der Waals surface area contributed by atoms with Gasteiger partial charge < -0.3 is 29.7 Å². The van der Waals surface area contributed by atoms with Crippen molar-refractivity contribution in [3.05, 3.63) is 48.0 Å². The maximum Gasteiger partial charge on any atom is 0.251 e. The van der Waals surface area contributed by atoms with Crippen LogP contribution >= 0.6 is 0 Å². The predicted molar refractivity (Wildman–Crippen MR) is 139 cm³/mol. The lowest BCUT2D eigenvalue weighted by molar-refractivity contribution is -0.118. The minimum absolute atomic E-state index is 0.121. The first-order valence-corrected chi connectivity index (χ1v) is 12.2. The van der Waals surface area contributed by atoms with E-state index in [1.165, 1.54) is 0 Å². The monoisotopic (exact) mass is 485 g/mol. The number of carbonyl (C=O) groups is 2. The van der Waals surface area contributed by atoms with Crippen LogP contribution in [0, 0.1) is 5.92 Å². The van der Waals surface area contributed by atoms with E-state index in [4.69, 9.17) is 14.2 Å². The van der Waals surface area contributed by atoms with Gasteiger partial charge >= 0.3 is 0 Å². The minimum Gasteiger partial charge on any atom is -0.494 e. The molecule has 1 atom stereocenters. The van der Waals surface area contributed by atoms with Gasteiger partial charge in [0.05, 0.1) is 13.7 Å². The molecule has 2 aromatic carbocycles. The molecule has 0 saturated carbocycles. The Morgan fingerprint density at radius 2 is 1.63 bits per heavy atom. The topological polar surface area (TPSA) is 89.1 Å². The van der Waals surface area contributed by atoms with E-state index in [2.05, 4.69) is 29.4 Å². The third-order valence-corrected chi connectivity index (χ3v) is 5.65. The molecule has 0 bridgehead atoms. The first kappa shape index (κ1) is 28.0. The molecule has 0 aliphatic rings. The van der Waals surface area contributed by atoms with Crippen molar-refractivity contribution in [2.24, 2.45) is 5.92 Å². The Balaban J connectivity index is 2.07. The average molecular weight is 486 g/mol. The lowest BCUT2D eigenvalue weighted by Gasteiger charge is -2.22. The molecule has 2 N–H and O–H groups in total. The van der Waals surface area contributed by atoms with Crippen LogP contribution in [0.25, 0.3) is 0 Å². The Kier molecular flexibility index (Phi) is 11.4. The van der Waals surface area contributed by atoms with E-state index in [0.29, 0.717) is 41.7 Å². The molecule has 192 valence electrons. The second-order valence-corrected chi connectivity index (χ2v) is 8.38. The van der Waals surface area contributed by atoms with Gasteiger partial charge in [-0.25, -0.2) is 0 Å². The Bertz CT molecular complexity index is 942. The fourth-order valence-electron chi connectivity index (χ4n) is 3.54. The summed E-state index contributed by atoms with van der Waals surface area (Å²) in [5.74, 6) is 1.08. The molecule has 0 radical (unpaired) electrons. The quantitative estimate of drug-likeness (QED) is 0.417. The molecule has 0 aromatic heterocycles. The molecule has 0 heterocycles. The summed E-state index contributed by atoms with van der Waals surface area (Å²) in [6, 6.07) is 11.4. The Morgan fingerprint density at radius 1 is 0.943 bits per heavy atom. The Morgan fingerprint density at radius 3 is 2.20 bits per heavy atom. The zero-order valence-electron chi connectivity index (χ0n) is 21.7. The molecule has 8 heteroatoms. The average Bonchev–Trinajstić information content (AvgIpc) is 2.85. The van der Waals surface area contributed by atoms with E-state index in [1.54, 1.807) is 49.6 Å².